The lowest BCUT2D eigenvalue weighted by atomic mass is 10.2. The number of carbonyl (C=O) groups is 2. The van der Waals surface area contributed by atoms with Gasteiger partial charge in [-0.2, -0.15) is 5.10 Å². The Morgan fingerprint density at radius 2 is 2.04 bits per heavy atom. The van der Waals surface area contributed by atoms with E-state index in [0.29, 0.717) is 30.4 Å². The molecule has 1 heterocycles. The van der Waals surface area contributed by atoms with Crippen molar-refractivity contribution in [1.29, 1.82) is 0 Å². The zero-order valence-corrected chi connectivity index (χ0v) is 12.9. The number of nitrogens with one attached hydrogen (secondary N) is 1. The molecule has 1 N–H and O–H groups in total. The number of nitrogens with zero attached hydrogens (tertiary/aromatic N) is 2. The topological polar surface area (TPSA) is 90.3 Å². The van der Waals surface area contributed by atoms with Crippen LogP contribution in [0, 0.1) is 0 Å². The van der Waals surface area contributed by atoms with E-state index in [2.05, 4.69) is 15.2 Å². The second kappa shape index (κ2) is 8.07. The first-order valence-electron chi connectivity index (χ1n) is 7.40. The van der Waals surface area contributed by atoms with Gasteiger partial charge in [0.1, 0.15) is 0 Å². The predicted octanol–water partition coefficient (Wildman–Crippen LogP) is 0.856. The van der Waals surface area contributed by atoms with Crippen LogP contribution in [0.2, 0.25) is 0 Å². The van der Waals surface area contributed by atoms with E-state index in [-0.39, 0.29) is 30.1 Å². The quantitative estimate of drug-likeness (QED) is 0.604. The van der Waals surface area contributed by atoms with Gasteiger partial charge in [-0.05, 0) is 18.6 Å². The maximum atomic E-state index is 11.8. The Labute approximate surface area is 133 Å². The summed E-state index contributed by atoms with van der Waals surface area (Å²) < 4.78 is 6.17. The van der Waals surface area contributed by atoms with Gasteiger partial charge in [0, 0.05) is 24.8 Å². The number of rotatable bonds is 7. The Bertz CT molecular complexity index is 754. The van der Waals surface area contributed by atoms with Crippen LogP contribution in [-0.2, 0) is 20.9 Å². The summed E-state index contributed by atoms with van der Waals surface area (Å²) in [5, 5.41) is 7.40. The van der Waals surface area contributed by atoms with Crippen LogP contribution in [0.25, 0.3) is 10.9 Å². The highest BCUT2D eigenvalue weighted by molar-refractivity contribution is 5.79. The molecule has 122 valence electrons. The average molecular weight is 317 g/mol. The minimum atomic E-state index is -0.289. The fraction of sp³-hybridized carbons (Fsp3) is 0.375. The molecule has 7 heteroatoms. The fourth-order valence-electron chi connectivity index (χ4n) is 2.20. The molecule has 0 spiro atoms. The van der Waals surface area contributed by atoms with E-state index in [0.717, 1.165) is 0 Å². The van der Waals surface area contributed by atoms with Crippen LogP contribution in [0.15, 0.2) is 35.3 Å². The summed E-state index contributed by atoms with van der Waals surface area (Å²) in [6.07, 6.45) is 2.33. The average Bonchev–Trinajstić information content (AvgIpc) is 2.58. The first-order valence-corrected chi connectivity index (χ1v) is 7.40. The third-order valence-electron chi connectivity index (χ3n) is 3.42. The van der Waals surface area contributed by atoms with Crippen molar-refractivity contribution in [1.82, 2.24) is 15.1 Å². The molecule has 0 saturated carbocycles. The number of benzene rings is 1. The van der Waals surface area contributed by atoms with E-state index in [1.165, 1.54) is 13.3 Å². The third-order valence-corrected chi connectivity index (χ3v) is 3.42. The molecule has 0 atom stereocenters. The number of methoxy groups -OCH3 is 1. The molecule has 1 aromatic heterocycles. The lowest BCUT2D eigenvalue weighted by Crippen LogP contribution is -2.26. The molecule has 0 aliphatic carbocycles. The van der Waals surface area contributed by atoms with Gasteiger partial charge in [0.2, 0.25) is 11.3 Å². The van der Waals surface area contributed by atoms with Gasteiger partial charge in [-0.15, -0.1) is 0 Å². The molecule has 0 fully saturated rings. The molecule has 1 aromatic carbocycles. The van der Waals surface area contributed by atoms with Gasteiger partial charge in [0.25, 0.3) is 0 Å². The van der Waals surface area contributed by atoms with Crippen molar-refractivity contribution in [3.8, 4) is 0 Å². The van der Waals surface area contributed by atoms with Gasteiger partial charge in [0.15, 0.2) is 0 Å². The van der Waals surface area contributed by atoms with Gasteiger partial charge < -0.3 is 10.1 Å². The molecule has 0 saturated heterocycles. The van der Waals surface area contributed by atoms with Crippen LogP contribution >= 0.6 is 0 Å². The maximum absolute atomic E-state index is 11.8. The summed E-state index contributed by atoms with van der Waals surface area (Å²) in [6, 6.07) is 7.16. The number of ether oxygens (including phenoxy) is 1. The van der Waals surface area contributed by atoms with Crippen molar-refractivity contribution in [2.75, 3.05) is 13.7 Å². The van der Waals surface area contributed by atoms with Crippen LogP contribution in [0.3, 0.4) is 0 Å². The summed E-state index contributed by atoms with van der Waals surface area (Å²) in [5.41, 5.74) is 0.572. The molecule has 0 unspecified atom stereocenters. The fourth-order valence-corrected chi connectivity index (χ4v) is 2.20. The van der Waals surface area contributed by atoms with Crippen molar-refractivity contribution >= 4 is 22.8 Å². The summed E-state index contributed by atoms with van der Waals surface area (Å²) in [7, 11) is 1.34. The maximum Gasteiger partial charge on any atom is 0.305 e. The van der Waals surface area contributed by atoms with Crippen LogP contribution in [0.5, 0.6) is 0 Å². The van der Waals surface area contributed by atoms with Crippen LogP contribution in [0.4, 0.5) is 0 Å². The highest BCUT2D eigenvalue weighted by Gasteiger charge is 2.06. The van der Waals surface area contributed by atoms with E-state index in [1.807, 2.05) is 6.07 Å². The van der Waals surface area contributed by atoms with Crippen LogP contribution in [0.1, 0.15) is 19.3 Å². The zero-order chi connectivity index (χ0) is 16.7. The van der Waals surface area contributed by atoms with Gasteiger partial charge >= 0.3 is 5.97 Å². The van der Waals surface area contributed by atoms with Crippen molar-refractivity contribution in [3.05, 3.63) is 40.7 Å². The normalized spacial score (nSPS) is 10.5. The first-order chi connectivity index (χ1) is 11.1. The molecule has 0 aliphatic rings. The van der Waals surface area contributed by atoms with Gasteiger partial charge in [-0.1, -0.05) is 12.1 Å². The monoisotopic (exact) mass is 317 g/mol. The summed E-state index contributed by atoms with van der Waals surface area (Å²) in [4.78, 5) is 34.5. The number of hydrogen-bond acceptors (Lipinski definition) is 5. The van der Waals surface area contributed by atoms with Crippen molar-refractivity contribution in [2.24, 2.45) is 0 Å². The Hall–Kier alpha value is -2.70. The number of aryl methyl sites for hydroxylation is 1. The second-order valence-corrected chi connectivity index (χ2v) is 5.03. The Balaban J connectivity index is 1.86. The minimum Gasteiger partial charge on any atom is -0.469 e. The third kappa shape index (κ3) is 4.64. The Kier molecular flexibility index (Phi) is 5.85. The molecular weight excluding hydrogens is 298 g/mol. The standard InChI is InChI=1S/C16H19N3O4/c1-23-16(22)7-4-9-17-15(21)8-10-19-13-6-3-2-5-12(13)14(20)11-18-19/h2-3,5-6,11H,4,7-10H2,1H3,(H,17,21). The van der Waals surface area contributed by atoms with Crippen LogP contribution < -0.4 is 10.7 Å². The van der Waals surface area contributed by atoms with E-state index in [1.54, 1.807) is 22.9 Å². The molecule has 7 nitrogen and oxygen atoms in total. The number of hydrogen-bond donors (Lipinski definition) is 1. The highest BCUT2D eigenvalue weighted by atomic mass is 16.5. The molecule has 23 heavy (non-hydrogen) atoms. The van der Waals surface area contributed by atoms with E-state index < -0.39 is 0 Å². The second-order valence-electron chi connectivity index (χ2n) is 5.03. The SMILES string of the molecule is COC(=O)CCCNC(=O)CCn1ncc(=O)c2ccccc21. The van der Waals surface area contributed by atoms with E-state index in [9.17, 15) is 14.4 Å². The van der Waals surface area contributed by atoms with Crippen molar-refractivity contribution in [3.63, 3.8) is 0 Å². The number of para-hydroxylation sites is 1. The predicted molar refractivity (Wildman–Crippen MR) is 84.9 cm³/mol. The van der Waals surface area contributed by atoms with Gasteiger partial charge in [0.05, 0.1) is 25.4 Å². The summed E-state index contributed by atoms with van der Waals surface area (Å²) in [6.45, 7) is 0.801. The number of aromatic nitrogens is 2. The largest absolute Gasteiger partial charge is 0.469 e. The zero-order valence-electron chi connectivity index (χ0n) is 12.9. The highest BCUT2D eigenvalue weighted by Crippen LogP contribution is 2.08. The Morgan fingerprint density at radius 1 is 1.26 bits per heavy atom. The summed E-state index contributed by atoms with van der Waals surface area (Å²) in [5.74, 6) is -0.414. The van der Waals surface area contributed by atoms with Crippen LogP contribution in [-0.4, -0.2) is 35.3 Å². The van der Waals surface area contributed by atoms with Gasteiger partial charge in [-0.3, -0.25) is 19.1 Å². The van der Waals surface area contributed by atoms with E-state index in [4.69, 9.17) is 0 Å². The number of fused-ring (bicyclic) bond motifs is 1. The molecule has 0 aliphatic heterocycles. The lowest BCUT2D eigenvalue weighted by Gasteiger charge is -2.09. The molecule has 2 aromatic rings. The molecule has 2 rings (SSSR count). The van der Waals surface area contributed by atoms with Crippen molar-refractivity contribution < 1.29 is 14.3 Å². The lowest BCUT2D eigenvalue weighted by molar-refractivity contribution is -0.140. The molecule has 0 radical (unpaired) electrons. The number of carbonyl (C=O) groups excluding carboxylic acids is 2. The smallest absolute Gasteiger partial charge is 0.305 e. The number of amides is 1. The molecule has 1 amide bonds. The minimum absolute atomic E-state index is 0.126. The number of esters is 1. The molecule has 0 bridgehead atoms. The first kappa shape index (κ1) is 16.7. The van der Waals surface area contributed by atoms with E-state index >= 15 is 0 Å². The van der Waals surface area contributed by atoms with Crippen molar-refractivity contribution in [2.45, 2.75) is 25.8 Å². The molecular formula is C16H19N3O4. The summed E-state index contributed by atoms with van der Waals surface area (Å²) >= 11 is 0. The van der Waals surface area contributed by atoms with Gasteiger partial charge in [-0.25, -0.2) is 0 Å². The Morgan fingerprint density at radius 3 is 2.83 bits per heavy atom.